The highest BCUT2D eigenvalue weighted by molar-refractivity contribution is 7.99. The van der Waals surface area contributed by atoms with E-state index >= 15 is 0 Å². The van der Waals surface area contributed by atoms with Crippen LogP contribution in [0.1, 0.15) is 44.7 Å². The first-order valence-electron chi connectivity index (χ1n) is 10.7. The first-order valence-corrected chi connectivity index (χ1v) is 11.6. The molecule has 0 radical (unpaired) electrons. The molecule has 2 aromatic rings. The zero-order valence-corrected chi connectivity index (χ0v) is 19.5. The van der Waals surface area contributed by atoms with Gasteiger partial charge in [0.1, 0.15) is 6.10 Å². The van der Waals surface area contributed by atoms with Crippen molar-refractivity contribution in [2.75, 3.05) is 6.61 Å². The van der Waals surface area contributed by atoms with Crippen LogP contribution in [0.15, 0.2) is 59.5 Å². The molecular weight excluding hydrogens is 412 g/mol. The Kier molecular flexibility index (Phi) is 8.55. The summed E-state index contributed by atoms with van der Waals surface area (Å²) in [5.41, 5.74) is 1.89. The monoisotopic (exact) mass is 444 g/mol. The Morgan fingerprint density at radius 3 is 2.52 bits per heavy atom. The average molecular weight is 445 g/mol. The van der Waals surface area contributed by atoms with Crippen molar-refractivity contribution in [2.45, 2.75) is 75.5 Å². The van der Waals surface area contributed by atoms with Crippen LogP contribution in [-0.4, -0.2) is 36.0 Å². The van der Waals surface area contributed by atoms with E-state index in [1.54, 1.807) is 0 Å². The van der Waals surface area contributed by atoms with Gasteiger partial charge in [-0.15, -0.1) is 0 Å². The second kappa shape index (κ2) is 11.1. The van der Waals surface area contributed by atoms with Gasteiger partial charge in [-0.25, -0.2) is 0 Å². The van der Waals surface area contributed by atoms with Crippen LogP contribution in [0.3, 0.4) is 0 Å². The van der Waals surface area contributed by atoms with E-state index in [1.807, 2.05) is 51.1 Å². The molecule has 0 bridgehead atoms. The van der Waals surface area contributed by atoms with Gasteiger partial charge in [-0.1, -0.05) is 59.8 Å². The van der Waals surface area contributed by atoms with Gasteiger partial charge in [0.25, 0.3) is 0 Å². The molecule has 0 spiro atoms. The third kappa shape index (κ3) is 7.96. The predicted octanol–water partition coefficient (Wildman–Crippen LogP) is 5.49. The molecule has 6 heteroatoms. The van der Waals surface area contributed by atoms with E-state index in [0.29, 0.717) is 19.6 Å². The van der Waals surface area contributed by atoms with E-state index in [9.17, 15) is 4.79 Å². The lowest BCUT2D eigenvalue weighted by Crippen LogP contribution is -2.49. The fraction of sp³-hybridized carbons (Fsp3) is 0.480. The number of thioether (sulfide) groups is 1. The molecule has 1 aliphatic rings. The maximum atomic E-state index is 11.8. The SMILES string of the molecule is CC(=O)OC(Sc1ccc(C)cc1)[C@@H]1C[C@H](CCOCc2ccccc2)OC(C)(C)O1. The number of carbonyl (C=O) groups is 1. The first-order chi connectivity index (χ1) is 14.8. The van der Waals surface area contributed by atoms with Gasteiger partial charge in [-0.05, 0) is 44.9 Å². The molecule has 0 N–H and O–H groups in total. The van der Waals surface area contributed by atoms with Gasteiger partial charge in [0.15, 0.2) is 11.2 Å². The van der Waals surface area contributed by atoms with Gasteiger partial charge < -0.3 is 18.9 Å². The number of ether oxygens (including phenoxy) is 4. The van der Waals surface area contributed by atoms with Gasteiger partial charge >= 0.3 is 5.97 Å². The quantitative estimate of drug-likeness (QED) is 0.221. The van der Waals surface area contributed by atoms with E-state index in [-0.39, 0.29) is 18.2 Å². The minimum absolute atomic E-state index is 0.0406. The van der Waals surface area contributed by atoms with Crippen molar-refractivity contribution < 1.29 is 23.7 Å². The molecule has 0 aliphatic carbocycles. The number of aryl methyl sites for hydroxylation is 1. The number of rotatable bonds is 9. The summed E-state index contributed by atoms with van der Waals surface area (Å²) in [5, 5.41) is 0. The summed E-state index contributed by atoms with van der Waals surface area (Å²) in [7, 11) is 0. The Morgan fingerprint density at radius 2 is 1.84 bits per heavy atom. The van der Waals surface area contributed by atoms with Gasteiger partial charge in [0.05, 0.1) is 12.7 Å². The van der Waals surface area contributed by atoms with Crippen LogP contribution in [-0.2, 0) is 30.3 Å². The lowest BCUT2D eigenvalue weighted by molar-refractivity contribution is -0.308. The number of hydrogen-bond donors (Lipinski definition) is 0. The van der Waals surface area contributed by atoms with Gasteiger partial charge in [-0.2, -0.15) is 0 Å². The summed E-state index contributed by atoms with van der Waals surface area (Å²) >= 11 is 1.51. The smallest absolute Gasteiger partial charge is 0.303 e. The van der Waals surface area contributed by atoms with Crippen molar-refractivity contribution in [3.05, 3.63) is 65.7 Å². The largest absolute Gasteiger partial charge is 0.448 e. The topological polar surface area (TPSA) is 54.0 Å². The summed E-state index contributed by atoms with van der Waals surface area (Å²) in [6.45, 7) is 8.45. The van der Waals surface area contributed by atoms with Crippen molar-refractivity contribution in [1.82, 2.24) is 0 Å². The van der Waals surface area contributed by atoms with Crippen LogP contribution in [0, 0.1) is 6.92 Å². The molecule has 2 aromatic carbocycles. The van der Waals surface area contributed by atoms with Crippen LogP contribution in [0.2, 0.25) is 0 Å². The molecule has 3 atom stereocenters. The number of benzene rings is 2. The lowest BCUT2D eigenvalue weighted by atomic mass is 10.1. The molecule has 0 aromatic heterocycles. The Balaban J connectivity index is 1.60. The molecular formula is C25H32O5S. The third-order valence-corrected chi connectivity index (χ3v) is 6.11. The van der Waals surface area contributed by atoms with Crippen molar-refractivity contribution in [1.29, 1.82) is 0 Å². The van der Waals surface area contributed by atoms with E-state index in [0.717, 1.165) is 16.9 Å². The van der Waals surface area contributed by atoms with Crippen LogP contribution in [0.5, 0.6) is 0 Å². The Bertz CT molecular complexity index is 822. The van der Waals surface area contributed by atoms with Crippen LogP contribution < -0.4 is 0 Å². The van der Waals surface area contributed by atoms with E-state index < -0.39 is 11.2 Å². The molecule has 5 nitrogen and oxygen atoms in total. The fourth-order valence-corrected chi connectivity index (χ4v) is 4.63. The molecule has 0 amide bonds. The molecule has 1 aliphatic heterocycles. The molecule has 3 rings (SSSR count). The molecule has 1 unspecified atom stereocenters. The second-order valence-electron chi connectivity index (χ2n) is 8.27. The lowest BCUT2D eigenvalue weighted by Gasteiger charge is -2.42. The van der Waals surface area contributed by atoms with E-state index in [1.165, 1.54) is 24.2 Å². The Morgan fingerprint density at radius 1 is 1.13 bits per heavy atom. The number of hydrogen-bond acceptors (Lipinski definition) is 6. The number of carbonyl (C=O) groups excluding carboxylic acids is 1. The van der Waals surface area contributed by atoms with Crippen LogP contribution in [0.4, 0.5) is 0 Å². The van der Waals surface area contributed by atoms with Crippen LogP contribution in [0.25, 0.3) is 0 Å². The minimum atomic E-state index is -0.765. The Labute approximate surface area is 189 Å². The highest BCUT2D eigenvalue weighted by Gasteiger charge is 2.40. The summed E-state index contributed by atoms with van der Waals surface area (Å²) in [4.78, 5) is 12.8. The maximum absolute atomic E-state index is 11.8. The Hall–Kier alpha value is -1.86. The zero-order chi connectivity index (χ0) is 22.3. The van der Waals surface area contributed by atoms with E-state index in [4.69, 9.17) is 18.9 Å². The average Bonchev–Trinajstić information content (AvgIpc) is 2.72. The maximum Gasteiger partial charge on any atom is 0.303 e. The zero-order valence-electron chi connectivity index (χ0n) is 18.7. The standard InChI is InChI=1S/C25H32O5S/c1-18-10-12-22(13-11-18)31-24(28-19(2)26)23-16-21(29-25(3,4)30-23)14-15-27-17-20-8-6-5-7-9-20/h5-13,21,23-24H,14-17H2,1-4H3/t21-,23-,24?/m0/s1. The molecule has 168 valence electrons. The summed E-state index contributed by atoms with van der Waals surface area (Å²) in [6.07, 6.45) is 1.06. The summed E-state index contributed by atoms with van der Waals surface area (Å²) in [5.74, 6) is -1.08. The molecule has 31 heavy (non-hydrogen) atoms. The first kappa shape index (κ1) is 23.8. The van der Waals surface area contributed by atoms with Gasteiger partial charge in [0.2, 0.25) is 0 Å². The van der Waals surface area contributed by atoms with Crippen molar-refractivity contribution in [2.24, 2.45) is 0 Å². The van der Waals surface area contributed by atoms with E-state index in [2.05, 4.69) is 24.3 Å². The molecule has 1 fully saturated rings. The summed E-state index contributed by atoms with van der Waals surface area (Å²) < 4.78 is 23.8. The third-order valence-electron chi connectivity index (χ3n) is 4.94. The van der Waals surface area contributed by atoms with Crippen LogP contribution >= 0.6 is 11.8 Å². The molecule has 1 heterocycles. The number of esters is 1. The van der Waals surface area contributed by atoms with Gasteiger partial charge in [0, 0.05) is 24.8 Å². The minimum Gasteiger partial charge on any atom is -0.448 e. The highest BCUT2D eigenvalue weighted by Crippen LogP contribution is 2.36. The van der Waals surface area contributed by atoms with Crippen molar-refractivity contribution in [3.63, 3.8) is 0 Å². The molecule has 1 saturated heterocycles. The highest BCUT2D eigenvalue weighted by atomic mass is 32.2. The van der Waals surface area contributed by atoms with Crippen molar-refractivity contribution in [3.8, 4) is 0 Å². The molecule has 0 saturated carbocycles. The fourth-order valence-electron chi connectivity index (χ4n) is 3.56. The predicted molar refractivity (Wildman–Crippen MR) is 122 cm³/mol. The normalized spacial score (nSPS) is 21.4. The van der Waals surface area contributed by atoms with Gasteiger partial charge in [-0.3, -0.25) is 4.79 Å². The van der Waals surface area contributed by atoms with Crippen molar-refractivity contribution >= 4 is 17.7 Å². The second-order valence-corrected chi connectivity index (χ2v) is 9.44. The summed E-state index contributed by atoms with van der Waals surface area (Å²) in [6, 6.07) is 18.3.